The normalized spacial score (nSPS) is 15.7. The molecule has 0 bridgehead atoms. The molecule has 4 aliphatic carbocycles. The van der Waals surface area contributed by atoms with Gasteiger partial charge < -0.3 is 4.57 Å². The lowest BCUT2D eigenvalue weighted by Crippen LogP contribution is -2.43. The highest BCUT2D eigenvalue weighted by Gasteiger charge is 2.59. The molecule has 0 radical (unpaired) electrons. The van der Waals surface area contributed by atoms with Crippen molar-refractivity contribution in [3.05, 3.63) is 268 Å². The molecule has 0 unspecified atom stereocenters. The van der Waals surface area contributed by atoms with E-state index < -0.39 is 10.8 Å². The Kier molecular flexibility index (Phi) is 6.43. The summed E-state index contributed by atoms with van der Waals surface area (Å²) < 4.78 is 2.56. The van der Waals surface area contributed by atoms with E-state index in [9.17, 15) is 0 Å². The van der Waals surface area contributed by atoms with Crippen LogP contribution in [0, 0.1) is 0 Å². The molecule has 4 aliphatic rings. The summed E-state index contributed by atoms with van der Waals surface area (Å²) in [4.78, 5) is 0. The fraction of sp³-hybridized carbons (Fsp3) is 0.0794. The number of aromatic nitrogens is 1. The van der Waals surface area contributed by atoms with Gasteiger partial charge in [-0.25, -0.2) is 0 Å². The van der Waals surface area contributed by atoms with E-state index in [1.165, 1.54) is 127 Å². The third-order valence-electron chi connectivity index (χ3n) is 16.1. The van der Waals surface area contributed by atoms with E-state index in [2.05, 4.69) is 231 Å². The van der Waals surface area contributed by atoms with Crippen molar-refractivity contribution in [3.63, 3.8) is 0 Å². The topological polar surface area (TPSA) is 4.93 Å². The molecule has 1 aromatic heterocycles. The minimum Gasteiger partial charge on any atom is -0.309 e. The first kappa shape index (κ1) is 34.8. The Morgan fingerprint density at radius 1 is 0.297 bits per heavy atom. The molecule has 0 amide bonds. The number of hydrogen-bond donors (Lipinski definition) is 0. The SMILES string of the molecule is CC1(C)c2ccccc2-c2ccc(-n3c4cc5c(cc4c4c6ccccc6ccc43)C3(c4ccccc4-5)c4ccccc4C4(c5ccccc5-c5ccccc54)c4ccccc43)cc21. The maximum Gasteiger partial charge on any atom is 0.0720 e. The molecule has 1 heteroatoms. The quantitative estimate of drug-likeness (QED) is 0.156. The van der Waals surface area contributed by atoms with Gasteiger partial charge in [-0.1, -0.05) is 196 Å². The van der Waals surface area contributed by atoms with Crippen LogP contribution in [0.5, 0.6) is 0 Å². The van der Waals surface area contributed by atoms with Gasteiger partial charge in [0.1, 0.15) is 0 Å². The minimum absolute atomic E-state index is 0.112. The van der Waals surface area contributed by atoms with E-state index >= 15 is 0 Å². The second kappa shape index (κ2) is 11.8. The second-order valence-corrected chi connectivity index (χ2v) is 19.1. The van der Waals surface area contributed by atoms with E-state index in [4.69, 9.17) is 0 Å². The maximum atomic E-state index is 2.62. The minimum atomic E-state index is -0.562. The van der Waals surface area contributed by atoms with Crippen molar-refractivity contribution in [2.24, 2.45) is 0 Å². The zero-order chi connectivity index (χ0) is 42.1. The Hall–Kier alpha value is -7.74. The molecule has 298 valence electrons. The molecule has 1 heterocycles. The van der Waals surface area contributed by atoms with Gasteiger partial charge in [-0.05, 0) is 130 Å². The molecule has 0 atom stereocenters. The van der Waals surface area contributed by atoms with Crippen molar-refractivity contribution in [2.75, 3.05) is 0 Å². The molecule has 1 nitrogen and oxygen atoms in total. The average Bonchev–Trinajstić information content (AvgIpc) is 4.01. The average molecular weight is 812 g/mol. The number of fused-ring (bicyclic) bond motifs is 24. The van der Waals surface area contributed by atoms with Crippen LogP contribution in [-0.2, 0) is 16.2 Å². The zero-order valence-corrected chi connectivity index (χ0v) is 35.7. The number of nitrogens with zero attached hydrogens (tertiary/aromatic N) is 1. The number of hydrogen-bond acceptors (Lipinski definition) is 0. The van der Waals surface area contributed by atoms with E-state index in [0.29, 0.717) is 0 Å². The first-order chi connectivity index (χ1) is 31.5. The fourth-order valence-electron chi connectivity index (χ4n) is 13.6. The smallest absolute Gasteiger partial charge is 0.0720 e. The van der Waals surface area contributed by atoms with Crippen molar-refractivity contribution in [3.8, 4) is 39.1 Å². The summed E-state index contributed by atoms with van der Waals surface area (Å²) >= 11 is 0. The van der Waals surface area contributed by atoms with Gasteiger partial charge >= 0.3 is 0 Å². The first-order valence-electron chi connectivity index (χ1n) is 22.8. The van der Waals surface area contributed by atoms with Crippen LogP contribution in [0.25, 0.3) is 71.6 Å². The third kappa shape index (κ3) is 3.88. The number of benzene rings is 10. The Labute approximate surface area is 372 Å². The molecule has 11 aromatic rings. The van der Waals surface area contributed by atoms with Crippen molar-refractivity contribution < 1.29 is 0 Å². The van der Waals surface area contributed by atoms with Crippen LogP contribution in [0.15, 0.2) is 212 Å². The van der Waals surface area contributed by atoms with Crippen LogP contribution >= 0.6 is 0 Å². The van der Waals surface area contributed by atoms with Gasteiger partial charge in [0.2, 0.25) is 0 Å². The van der Waals surface area contributed by atoms with Crippen molar-refractivity contribution >= 4 is 32.6 Å². The monoisotopic (exact) mass is 811 g/mol. The summed E-state index contributed by atoms with van der Waals surface area (Å²) in [6.07, 6.45) is 0. The predicted octanol–water partition coefficient (Wildman–Crippen LogP) is 15.3. The largest absolute Gasteiger partial charge is 0.309 e. The summed E-state index contributed by atoms with van der Waals surface area (Å²) in [6.45, 7) is 4.77. The molecule has 0 N–H and O–H groups in total. The van der Waals surface area contributed by atoms with Crippen LogP contribution in [0.4, 0.5) is 0 Å². The molecule has 10 aromatic carbocycles. The van der Waals surface area contributed by atoms with Crippen LogP contribution in [0.3, 0.4) is 0 Å². The van der Waals surface area contributed by atoms with E-state index in [1.54, 1.807) is 0 Å². The highest BCUT2D eigenvalue weighted by molar-refractivity contribution is 6.22. The fourth-order valence-corrected chi connectivity index (χ4v) is 13.6. The summed E-state index contributed by atoms with van der Waals surface area (Å²) in [5.41, 5.74) is 24.1. The lowest BCUT2D eigenvalue weighted by atomic mass is 9.52. The molecule has 15 rings (SSSR count). The molecule has 2 spiro atoms. The Morgan fingerprint density at radius 3 is 1.34 bits per heavy atom. The van der Waals surface area contributed by atoms with Crippen LogP contribution < -0.4 is 0 Å². The van der Waals surface area contributed by atoms with Gasteiger partial charge in [-0.3, -0.25) is 0 Å². The predicted molar refractivity (Wildman–Crippen MR) is 264 cm³/mol. The third-order valence-corrected chi connectivity index (χ3v) is 16.1. The molecule has 0 aliphatic heterocycles. The van der Waals surface area contributed by atoms with Gasteiger partial charge in [-0.15, -0.1) is 0 Å². The molecular weight excluding hydrogens is 771 g/mol. The van der Waals surface area contributed by atoms with Gasteiger partial charge in [0.05, 0.1) is 21.9 Å². The van der Waals surface area contributed by atoms with Crippen LogP contribution in [0.2, 0.25) is 0 Å². The molecule has 0 fully saturated rings. The van der Waals surface area contributed by atoms with Gasteiger partial charge in [0, 0.05) is 21.9 Å². The summed E-state index contributed by atoms with van der Waals surface area (Å²) in [7, 11) is 0. The van der Waals surface area contributed by atoms with Gasteiger partial charge in [-0.2, -0.15) is 0 Å². The van der Waals surface area contributed by atoms with Gasteiger partial charge in [0.25, 0.3) is 0 Å². The Morgan fingerprint density at radius 2 is 0.750 bits per heavy atom. The van der Waals surface area contributed by atoms with Gasteiger partial charge in [0.15, 0.2) is 0 Å². The van der Waals surface area contributed by atoms with Crippen LogP contribution in [-0.4, -0.2) is 4.57 Å². The molecule has 64 heavy (non-hydrogen) atoms. The molecule has 0 saturated heterocycles. The summed E-state index contributed by atoms with van der Waals surface area (Å²) in [6, 6.07) is 81.5. The maximum absolute atomic E-state index is 2.62. The lowest BCUT2D eigenvalue weighted by molar-refractivity contribution is 0.633. The number of rotatable bonds is 1. The first-order valence-corrected chi connectivity index (χ1v) is 22.8. The van der Waals surface area contributed by atoms with Crippen LogP contribution in [0.1, 0.15) is 69.5 Å². The Balaban J connectivity index is 1.08. The lowest BCUT2D eigenvalue weighted by Gasteiger charge is -2.48. The zero-order valence-electron chi connectivity index (χ0n) is 35.7. The highest BCUT2D eigenvalue weighted by atomic mass is 15.0. The Bertz CT molecular complexity index is 3800. The highest BCUT2D eigenvalue weighted by Crippen LogP contribution is 2.68. The van der Waals surface area contributed by atoms with E-state index in [1.807, 2.05) is 0 Å². The van der Waals surface area contributed by atoms with Crippen molar-refractivity contribution in [2.45, 2.75) is 30.1 Å². The van der Waals surface area contributed by atoms with Crippen molar-refractivity contribution in [1.29, 1.82) is 0 Å². The second-order valence-electron chi connectivity index (χ2n) is 19.1. The standard InChI is InChI=1S/C63H41N/c1-61(2)48-23-9-5-19-41(48)45-33-32-39(35-56(45)61)64-58-34-31-38-17-3-4-18-40(38)60(58)47-36-57-46(37-59(47)64)44-22-8-12-26-51(44)63(57)54-29-15-13-27-52(54)62(53-28-14-16-30-55(53)63)49-24-10-6-20-42(49)43-21-7-11-25-50(43)62/h3-37H,1-2H3. The van der Waals surface area contributed by atoms with E-state index in [0.717, 1.165) is 0 Å². The molecular formula is C63H41N. The summed E-state index contributed by atoms with van der Waals surface area (Å²) in [5, 5.41) is 5.13. The summed E-state index contributed by atoms with van der Waals surface area (Å²) in [5.74, 6) is 0. The van der Waals surface area contributed by atoms with Crippen molar-refractivity contribution in [1.82, 2.24) is 4.57 Å². The van der Waals surface area contributed by atoms with E-state index in [-0.39, 0.29) is 5.41 Å². The molecule has 0 saturated carbocycles.